The fourth-order valence-electron chi connectivity index (χ4n) is 3.08. The number of aryl methyl sites for hydroxylation is 6. The molecule has 0 aliphatic carbocycles. The van der Waals surface area contributed by atoms with Gasteiger partial charge in [-0.15, -0.1) is 0 Å². The predicted molar refractivity (Wildman–Crippen MR) is 92.3 cm³/mol. The third kappa shape index (κ3) is 3.82. The fraction of sp³-hybridized carbons (Fsp3) is 0.400. The summed E-state index contributed by atoms with van der Waals surface area (Å²) in [7, 11) is 0. The average molecular weight is 298 g/mol. The van der Waals surface area contributed by atoms with Gasteiger partial charge >= 0.3 is 0 Å². The highest BCUT2D eigenvalue weighted by Crippen LogP contribution is 2.26. The number of benzene rings is 2. The highest BCUT2D eigenvalue weighted by Gasteiger charge is 2.07. The maximum absolute atomic E-state index is 5.92. The van der Waals surface area contributed by atoms with E-state index in [9.17, 15) is 0 Å². The third-order valence-corrected chi connectivity index (χ3v) is 3.79. The van der Waals surface area contributed by atoms with Crippen molar-refractivity contribution < 1.29 is 9.47 Å². The predicted octanol–water partition coefficient (Wildman–Crippen LogP) is 4.99. The van der Waals surface area contributed by atoms with Crippen molar-refractivity contribution in [1.29, 1.82) is 0 Å². The molecule has 2 nitrogen and oxygen atoms in total. The van der Waals surface area contributed by atoms with E-state index in [0.29, 0.717) is 13.2 Å². The van der Waals surface area contributed by atoms with E-state index in [0.717, 1.165) is 11.5 Å². The molecule has 0 aliphatic heterocycles. The lowest BCUT2D eigenvalue weighted by molar-refractivity contribution is 0.214. The van der Waals surface area contributed by atoms with Crippen molar-refractivity contribution in [3.05, 3.63) is 57.6 Å². The molecule has 0 aliphatic rings. The minimum Gasteiger partial charge on any atom is -0.489 e. The van der Waals surface area contributed by atoms with Crippen molar-refractivity contribution in [2.75, 3.05) is 13.2 Å². The van der Waals surface area contributed by atoms with Gasteiger partial charge in [0.1, 0.15) is 24.7 Å². The van der Waals surface area contributed by atoms with Gasteiger partial charge in [-0.2, -0.15) is 0 Å². The molecular weight excluding hydrogens is 272 g/mol. The molecule has 2 aromatic rings. The van der Waals surface area contributed by atoms with Crippen LogP contribution in [-0.4, -0.2) is 13.2 Å². The lowest BCUT2D eigenvalue weighted by atomic mass is 10.1. The molecule has 0 amide bonds. The molecule has 2 rings (SSSR count). The molecule has 0 aromatic heterocycles. The van der Waals surface area contributed by atoms with Crippen molar-refractivity contribution in [2.45, 2.75) is 41.5 Å². The van der Waals surface area contributed by atoms with Gasteiger partial charge in [0.05, 0.1) is 0 Å². The van der Waals surface area contributed by atoms with Crippen LogP contribution in [0, 0.1) is 41.5 Å². The molecule has 0 saturated heterocycles. The number of hydrogen-bond acceptors (Lipinski definition) is 2. The zero-order valence-corrected chi connectivity index (χ0v) is 14.5. The average Bonchev–Trinajstić information content (AvgIpc) is 2.38. The first kappa shape index (κ1) is 16.4. The summed E-state index contributed by atoms with van der Waals surface area (Å²) in [5.74, 6) is 1.96. The summed E-state index contributed by atoms with van der Waals surface area (Å²) >= 11 is 0. The number of rotatable bonds is 5. The first-order valence-corrected chi connectivity index (χ1v) is 7.79. The third-order valence-electron chi connectivity index (χ3n) is 3.79. The summed E-state index contributed by atoms with van der Waals surface area (Å²) < 4.78 is 11.8. The quantitative estimate of drug-likeness (QED) is 0.724. The molecule has 2 aromatic carbocycles. The molecule has 0 bridgehead atoms. The summed E-state index contributed by atoms with van der Waals surface area (Å²) in [6.07, 6.45) is 0. The molecule has 0 atom stereocenters. The van der Waals surface area contributed by atoms with Crippen LogP contribution in [0.5, 0.6) is 11.5 Å². The fourth-order valence-corrected chi connectivity index (χ4v) is 3.08. The van der Waals surface area contributed by atoms with E-state index in [4.69, 9.17) is 9.47 Å². The summed E-state index contributed by atoms with van der Waals surface area (Å²) in [5, 5.41) is 0. The van der Waals surface area contributed by atoms with Crippen LogP contribution in [0.4, 0.5) is 0 Å². The first-order valence-electron chi connectivity index (χ1n) is 7.79. The van der Waals surface area contributed by atoms with E-state index in [2.05, 4.69) is 65.8 Å². The summed E-state index contributed by atoms with van der Waals surface area (Å²) in [5.41, 5.74) is 7.26. The molecule has 0 spiro atoms. The van der Waals surface area contributed by atoms with Crippen molar-refractivity contribution >= 4 is 0 Å². The lowest BCUT2D eigenvalue weighted by Gasteiger charge is -2.16. The second kappa shape index (κ2) is 6.87. The Kier molecular flexibility index (Phi) is 5.12. The van der Waals surface area contributed by atoms with Crippen molar-refractivity contribution in [3.8, 4) is 11.5 Å². The molecule has 0 radical (unpaired) electrons. The second-order valence-electron chi connectivity index (χ2n) is 6.15. The monoisotopic (exact) mass is 298 g/mol. The van der Waals surface area contributed by atoms with Crippen LogP contribution in [0.15, 0.2) is 24.3 Å². The Morgan fingerprint density at radius 3 is 1.09 bits per heavy atom. The van der Waals surface area contributed by atoms with E-state index in [-0.39, 0.29) is 0 Å². The largest absolute Gasteiger partial charge is 0.489 e. The van der Waals surface area contributed by atoms with Crippen LogP contribution in [0.25, 0.3) is 0 Å². The Morgan fingerprint density at radius 1 is 0.545 bits per heavy atom. The molecule has 2 heteroatoms. The van der Waals surface area contributed by atoms with Gasteiger partial charge in [0.15, 0.2) is 0 Å². The zero-order valence-electron chi connectivity index (χ0n) is 14.5. The van der Waals surface area contributed by atoms with Gasteiger partial charge < -0.3 is 9.47 Å². The van der Waals surface area contributed by atoms with E-state index in [1.807, 2.05) is 0 Å². The maximum atomic E-state index is 5.92. The van der Waals surface area contributed by atoms with Gasteiger partial charge in [-0.05, 0) is 63.8 Å². The van der Waals surface area contributed by atoms with Crippen LogP contribution >= 0.6 is 0 Å². The highest BCUT2D eigenvalue weighted by molar-refractivity contribution is 5.44. The molecule has 22 heavy (non-hydrogen) atoms. The SMILES string of the molecule is Cc1cc(C)c(OCCOc2c(C)cc(C)cc2C)c(C)c1. The Bertz CT molecular complexity index is 566. The maximum Gasteiger partial charge on any atom is 0.125 e. The van der Waals surface area contributed by atoms with E-state index < -0.39 is 0 Å². The Hall–Kier alpha value is -1.96. The zero-order chi connectivity index (χ0) is 16.3. The van der Waals surface area contributed by atoms with Gasteiger partial charge in [-0.25, -0.2) is 0 Å². The minimum atomic E-state index is 0.553. The van der Waals surface area contributed by atoms with Gasteiger partial charge in [0, 0.05) is 0 Å². The van der Waals surface area contributed by atoms with Crippen molar-refractivity contribution in [3.63, 3.8) is 0 Å². The molecule has 0 unspecified atom stereocenters. The normalized spacial score (nSPS) is 10.6. The van der Waals surface area contributed by atoms with Crippen LogP contribution in [0.2, 0.25) is 0 Å². The van der Waals surface area contributed by atoms with E-state index in [1.54, 1.807) is 0 Å². The minimum absolute atomic E-state index is 0.553. The van der Waals surface area contributed by atoms with Crippen LogP contribution < -0.4 is 9.47 Å². The summed E-state index contributed by atoms with van der Waals surface area (Å²) in [6, 6.07) is 8.60. The first-order chi connectivity index (χ1) is 10.4. The van der Waals surface area contributed by atoms with Crippen molar-refractivity contribution in [2.24, 2.45) is 0 Å². The molecular formula is C20H26O2. The Balaban J connectivity index is 1.96. The molecule has 118 valence electrons. The molecule has 0 heterocycles. The summed E-state index contributed by atoms with van der Waals surface area (Å²) in [4.78, 5) is 0. The van der Waals surface area contributed by atoms with Gasteiger partial charge in [-0.1, -0.05) is 35.4 Å². The lowest BCUT2D eigenvalue weighted by Crippen LogP contribution is -2.11. The smallest absolute Gasteiger partial charge is 0.125 e. The standard InChI is InChI=1S/C20H26O2/c1-13-9-15(3)19(16(4)10-13)21-7-8-22-20-17(5)11-14(2)12-18(20)6/h9-12H,7-8H2,1-6H3. The van der Waals surface area contributed by atoms with Gasteiger partial charge in [-0.3, -0.25) is 0 Å². The van der Waals surface area contributed by atoms with Crippen LogP contribution in [-0.2, 0) is 0 Å². The van der Waals surface area contributed by atoms with Gasteiger partial charge in [0.25, 0.3) is 0 Å². The van der Waals surface area contributed by atoms with Crippen molar-refractivity contribution in [1.82, 2.24) is 0 Å². The summed E-state index contributed by atoms with van der Waals surface area (Å²) in [6.45, 7) is 13.7. The van der Waals surface area contributed by atoms with Gasteiger partial charge in [0.2, 0.25) is 0 Å². The molecule has 0 fully saturated rings. The van der Waals surface area contributed by atoms with Crippen LogP contribution in [0.1, 0.15) is 33.4 Å². The second-order valence-corrected chi connectivity index (χ2v) is 6.15. The number of hydrogen-bond donors (Lipinski definition) is 0. The Morgan fingerprint density at radius 2 is 0.818 bits per heavy atom. The number of ether oxygens (including phenoxy) is 2. The molecule has 0 N–H and O–H groups in total. The topological polar surface area (TPSA) is 18.5 Å². The van der Waals surface area contributed by atoms with Crippen LogP contribution in [0.3, 0.4) is 0 Å². The van der Waals surface area contributed by atoms with E-state index in [1.165, 1.54) is 33.4 Å². The van der Waals surface area contributed by atoms with E-state index >= 15 is 0 Å². The Labute approximate surface area is 134 Å². The molecule has 0 saturated carbocycles. The highest BCUT2D eigenvalue weighted by atomic mass is 16.5.